The molecule has 5 nitrogen and oxygen atoms in total. The van der Waals surface area contributed by atoms with Crippen LogP contribution in [0.1, 0.15) is 6.92 Å². The summed E-state index contributed by atoms with van der Waals surface area (Å²) in [4.78, 5) is 6.50. The number of nitrogens with zero attached hydrogens (tertiary/aromatic N) is 2. The first-order valence-electron chi connectivity index (χ1n) is 6.51. The predicted molar refractivity (Wildman–Crippen MR) is 74.1 cm³/mol. The summed E-state index contributed by atoms with van der Waals surface area (Å²) in [5, 5.41) is 6.63. The summed E-state index contributed by atoms with van der Waals surface area (Å²) in [6.45, 7) is 6.62. The van der Waals surface area contributed by atoms with Gasteiger partial charge in [-0.05, 0) is 20.0 Å². The van der Waals surface area contributed by atoms with E-state index in [9.17, 15) is 0 Å². The first kappa shape index (κ1) is 13.1. The lowest BCUT2D eigenvalue weighted by molar-refractivity contribution is -0.0117. The predicted octanol–water partition coefficient (Wildman–Crippen LogP) is 1.26. The summed E-state index contributed by atoms with van der Waals surface area (Å²) in [6, 6.07) is 2.07. The molecule has 2 N–H and O–H groups in total. The van der Waals surface area contributed by atoms with Gasteiger partial charge in [0.2, 0.25) is 0 Å². The van der Waals surface area contributed by atoms with Crippen LogP contribution in [0, 0.1) is 0 Å². The van der Waals surface area contributed by atoms with Crippen LogP contribution in [0.2, 0.25) is 0 Å². The van der Waals surface area contributed by atoms with Crippen LogP contribution in [0.4, 0.5) is 11.4 Å². The van der Waals surface area contributed by atoms with E-state index in [1.54, 1.807) is 0 Å². The first-order chi connectivity index (χ1) is 8.78. The fourth-order valence-corrected chi connectivity index (χ4v) is 2.06. The normalized spacial score (nSPS) is 20.7. The second kappa shape index (κ2) is 6.56. The van der Waals surface area contributed by atoms with Crippen molar-refractivity contribution in [3.05, 3.63) is 18.5 Å². The van der Waals surface area contributed by atoms with Crippen LogP contribution in [0.3, 0.4) is 0 Å². The van der Waals surface area contributed by atoms with Crippen molar-refractivity contribution in [2.45, 2.75) is 13.0 Å². The highest BCUT2D eigenvalue weighted by atomic mass is 16.5. The molecule has 2 rings (SSSR count). The van der Waals surface area contributed by atoms with Crippen molar-refractivity contribution in [3.8, 4) is 0 Å². The summed E-state index contributed by atoms with van der Waals surface area (Å²) in [6.07, 6.45) is 3.93. The van der Waals surface area contributed by atoms with Crippen molar-refractivity contribution in [3.63, 3.8) is 0 Å². The smallest absolute Gasteiger partial charge is 0.0874 e. The second-order valence-corrected chi connectivity index (χ2v) is 4.63. The quantitative estimate of drug-likeness (QED) is 0.824. The zero-order valence-electron chi connectivity index (χ0n) is 11.1. The van der Waals surface area contributed by atoms with E-state index in [0.29, 0.717) is 0 Å². The highest BCUT2D eigenvalue weighted by molar-refractivity contribution is 5.53. The molecule has 0 radical (unpaired) electrons. The summed E-state index contributed by atoms with van der Waals surface area (Å²) in [7, 11) is 2.13. The van der Waals surface area contributed by atoms with Crippen LogP contribution in [-0.4, -0.2) is 55.8 Å². The minimum atomic E-state index is 0.256. The molecule has 0 amide bonds. The number of hydrogen-bond donors (Lipinski definition) is 2. The molecule has 0 bridgehead atoms. The number of pyridine rings is 1. The summed E-state index contributed by atoms with van der Waals surface area (Å²) in [5.41, 5.74) is 2.08. The molecule has 18 heavy (non-hydrogen) atoms. The van der Waals surface area contributed by atoms with Gasteiger partial charge in [-0.25, -0.2) is 0 Å². The summed E-state index contributed by atoms with van der Waals surface area (Å²) in [5.74, 6) is 0. The SMILES string of the molecule is CCNc1cncc(NCC2CN(C)CCO2)c1. The minimum absolute atomic E-state index is 0.256. The van der Waals surface area contributed by atoms with Crippen LogP contribution < -0.4 is 10.6 Å². The maximum Gasteiger partial charge on any atom is 0.0874 e. The van der Waals surface area contributed by atoms with Gasteiger partial charge in [0.25, 0.3) is 0 Å². The average molecular weight is 250 g/mol. The van der Waals surface area contributed by atoms with Gasteiger partial charge in [-0.15, -0.1) is 0 Å². The Bertz CT molecular complexity index is 372. The molecule has 100 valence electrons. The molecule has 1 aromatic rings. The first-order valence-corrected chi connectivity index (χ1v) is 6.51. The molecule has 1 atom stereocenters. The van der Waals surface area contributed by atoms with E-state index in [0.717, 1.165) is 44.2 Å². The Balaban J connectivity index is 1.83. The number of morpholine rings is 1. The molecule has 2 heterocycles. The highest BCUT2D eigenvalue weighted by Crippen LogP contribution is 2.13. The van der Waals surface area contributed by atoms with E-state index < -0.39 is 0 Å². The van der Waals surface area contributed by atoms with Crippen molar-refractivity contribution >= 4 is 11.4 Å². The molecule has 0 aliphatic carbocycles. The fraction of sp³-hybridized carbons (Fsp3) is 0.615. The third-order valence-corrected chi connectivity index (χ3v) is 2.99. The lowest BCUT2D eigenvalue weighted by atomic mass is 10.2. The van der Waals surface area contributed by atoms with Gasteiger partial charge < -0.3 is 20.3 Å². The molecule has 0 spiro atoms. The van der Waals surface area contributed by atoms with E-state index in [1.807, 2.05) is 12.4 Å². The second-order valence-electron chi connectivity index (χ2n) is 4.63. The summed E-state index contributed by atoms with van der Waals surface area (Å²) < 4.78 is 5.71. The monoisotopic (exact) mass is 250 g/mol. The van der Waals surface area contributed by atoms with Crippen LogP contribution in [-0.2, 0) is 4.74 Å². The van der Waals surface area contributed by atoms with Gasteiger partial charge in [0, 0.05) is 26.2 Å². The molecule has 1 unspecified atom stereocenters. The summed E-state index contributed by atoms with van der Waals surface area (Å²) >= 11 is 0. The van der Waals surface area contributed by atoms with E-state index in [1.165, 1.54) is 0 Å². The van der Waals surface area contributed by atoms with Crippen LogP contribution in [0.5, 0.6) is 0 Å². The Hall–Kier alpha value is -1.33. The van der Waals surface area contributed by atoms with Gasteiger partial charge in [0.15, 0.2) is 0 Å². The standard InChI is InChI=1S/C13H22N4O/c1-3-15-11-6-12(8-14-7-11)16-9-13-10-17(2)4-5-18-13/h6-8,13,15-16H,3-5,9-10H2,1-2H3. The van der Waals surface area contributed by atoms with Crippen molar-refractivity contribution in [2.24, 2.45) is 0 Å². The third kappa shape index (κ3) is 3.85. The molecular formula is C13H22N4O. The number of rotatable bonds is 5. The third-order valence-electron chi connectivity index (χ3n) is 2.99. The molecule has 0 saturated carbocycles. The van der Waals surface area contributed by atoms with Gasteiger partial charge in [0.05, 0.1) is 36.5 Å². The van der Waals surface area contributed by atoms with Crippen molar-refractivity contribution < 1.29 is 4.74 Å². The number of anilines is 2. The Morgan fingerprint density at radius 1 is 1.39 bits per heavy atom. The fourth-order valence-electron chi connectivity index (χ4n) is 2.06. The Morgan fingerprint density at radius 2 is 2.17 bits per heavy atom. The van der Waals surface area contributed by atoms with Crippen LogP contribution >= 0.6 is 0 Å². The Labute approximate surface area is 109 Å². The van der Waals surface area contributed by atoms with Gasteiger partial charge in [0.1, 0.15) is 0 Å². The van der Waals surface area contributed by atoms with Crippen molar-refractivity contribution in [1.82, 2.24) is 9.88 Å². The lowest BCUT2D eigenvalue weighted by Crippen LogP contribution is -2.43. The molecule has 5 heteroatoms. The van der Waals surface area contributed by atoms with Gasteiger partial charge >= 0.3 is 0 Å². The van der Waals surface area contributed by atoms with Crippen LogP contribution in [0.15, 0.2) is 18.5 Å². The molecular weight excluding hydrogens is 228 g/mol. The van der Waals surface area contributed by atoms with Crippen LogP contribution in [0.25, 0.3) is 0 Å². The Kier molecular flexibility index (Phi) is 4.78. The number of aromatic nitrogens is 1. The van der Waals surface area contributed by atoms with Crippen molar-refractivity contribution in [1.29, 1.82) is 0 Å². The Morgan fingerprint density at radius 3 is 2.89 bits per heavy atom. The maximum absolute atomic E-state index is 5.71. The molecule has 1 fully saturated rings. The average Bonchev–Trinajstić information content (AvgIpc) is 2.37. The largest absolute Gasteiger partial charge is 0.384 e. The van der Waals surface area contributed by atoms with Gasteiger partial charge in [-0.2, -0.15) is 0 Å². The van der Waals surface area contributed by atoms with E-state index >= 15 is 0 Å². The molecule has 1 aliphatic rings. The number of likely N-dealkylation sites (N-methyl/N-ethyl adjacent to an activating group) is 1. The molecule has 1 aromatic heterocycles. The zero-order valence-corrected chi connectivity index (χ0v) is 11.1. The molecule has 1 aliphatic heterocycles. The number of nitrogens with one attached hydrogen (secondary N) is 2. The number of hydrogen-bond acceptors (Lipinski definition) is 5. The topological polar surface area (TPSA) is 49.4 Å². The number of ether oxygens (including phenoxy) is 1. The van der Waals surface area contributed by atoms with Crippen molar-refractivity contribution in [2.75, 3.05) is 50.5 Å². The van der Waals surface area contributed by atoms with E-state index in [4.69, 9.17) is 4.74 Å². The van der Waals surface area contributed by atoms with Gasteiger partial charge in [-0.3, -0.25) is 4.98 Å². The molecule has 1 saturated heterocycles. The van der Waals surface area contributed by atoms with E-state index in [2.05, 4.69) is 40.6 Å². The zero-order chi connectivity index (χ0) is 12.8. The maximum atomic E-state index is 5.71. The lowest BCUT2D eigenvalue weighted by Gasteiger charge is -2.30. The van der Waals surface area contributed by atoms with Gasteiger partial charge in [-0.1, -0.05) is 0 Å². The molecule has 0 aromatic carbocycles. The minimum Gasteiger partial charge on any atom is -0.384 e. The highest BCUT2D eigenvalue weighted by Gasteiger charge is 2.17. The van der Waals surface area contributed by atoms with E-state index in [-0.39, 0.29) is 6.10 Å².